The van der Waals surface area contributed by atoms with E-state index in [-0.39, 0.29) is 9.74 Å². The van der Waals surface area contributed by atoms with Gasteiger partial charge in [0.05, 0.1) is 28.2 Å². The third-order valence-corrected chi connectivity index (χ3v) is 11.9. The van der Waals surface area contributed by atoms with Crippen LogP contribution in [0.1, 0.15) is 0 Å². The molecule has 1 spiro atoms. The predicted molar refractivity (Wildman–Crippen MR) is 88.2 cm³/mol. The zero-order valence-electron chi connectivity index (χ0n) is 12.9. The lowest BCUT2D eigenvalue weighted by Crippen LogP contribution is -2.93. The van der Waals surface area contributed by atoms with Gasteiger partial charge in [0.1, 0.15) is 0 Å². The lowest BCUT2D eigenvalue weighted by molar-refractivity contribution is -0.429. The van der Waals surface area contributed by atoms with Crippen molar-refractivity contribution in [2.45, 2.75) is 15.0 Å². The standard InChI is InChI=1S/C18H17BrO4S/c19-17-13-10-14(17)12-15(18(17)22-6-7-23-18)11(13)16(10,12)8-24(20,21)9-4-2-1-3-5-9/h1-5,10-15H,6-8H2/t10?,11-,12-,13-,14-,15?,16?,17?/m0/s1. The van der Waals surface area contributed by atoms with Crippen LogP contribution in [0, 0.1) is 40.9 Å². The number of benzene rings is 1. The second kappa shape index (κ2) is 3.53. The molecular formula is C18H17BrO4S. The Kier molecular flexibility index (Phi) is 2.02. The highest BCUT2D eigenvalue weighted by Gasteiger charge is 3.08. The second-order valence-corrected chi connectivity index (χ2v) is 11.8. The van der Waals surface area contributed by atoms with E-state index in [4.69, 9.17) is 9.47 Å². The summed E-state index contributed by atoms with van der Waals surface area (Å²) in [4.78, 5) is 0.467. The van der Waals surface area contributed by atoms with Crippen LogP contribution in [0.4, 0.5) is 0 Å². The second-order valence-electron chi connectivity index (χ2n) is 8.47. The van der Waals surface area contributed by atoms with E-state index in [9.17, 15) is 8.42 Å². The van der Waals surface area contributed by atoms with E-state index < -0.39 is 15.6 Å². The highest BCUT2D eigenvalue weighted by atomic mass is 79.9. The molecule has 4 atom stereocenters. The topological polar surface area (TPSA) is 52.6 Å². The molecule has 0 unspecified atom stereocenters. The first-order valence-electron chi connectivity index (χ1n) is 8.75. The van der Waals surface area contributed by atoms with Crippen LogP contribution in [0.5, 0.6) is 0 Å². The molecule has 1 saturated heterocycles. The fraction of sp³-hybridized carbons (Fsp3) is 0.667. The molecule has 126 valence electrons. The third-order valence-electron chi connectivity index (χ3n) is 8.38. The number of hydrogen-bond acceptors (Lipinski definition) is 4. The molecule has 24 heavy (non-hydrogen) atoms. The Balaban J connectivity index is 1.28. The van der Waals surface area contributed by atoms with Crippen molar-refractivity contribution in [1.82, 2.24) is 0 Å². The molecule has 6 saturated carbocycles. The van der Waals surface area contributed by atoms with Gasteiger partial charge in [-0.1, -0.05) is 34.1 Å². The molecule has 1 heterocycles. The molecule has 0 radical (unpaired) electrons. The van der Waals surface area contributed by atoms with Crippen LogP contribution in [0.15, 0.2) is 35.2 Å². The highest BCUT2D eigenvalue weighted by molar-refractivity contribution is 9.10. The van der Waals surface area contributed by atoms with E-state index in [1.54, 1.807) is 24.3 Å². The number of halogens is 1. The van der Waals surface area contributed by atoms with Crippen LogP contribution >= 0.6 is 15.9 Å². The van der Waals surface area contributed by atoms with Crippen LogP contribution in [0.25, 0.3) is 0 Å². The molecule has 8 rings (SSSR count). The van der Waals surface area contributed by atoms with Gasteiger partial charge in [0.15, 0.2) is 15.6 Å². The minimum Gasteiger partial charge on any atom is -0.346 e. The SMILES string of the molecule is O=S(=O)(CC12C3[C@H]4[C@H]1C1[C@@H]2[C@H]3C4(Br)C12OCCO2)c1ccccc1. The minimum atomic E-state index is -3.22. The fourth-order valence-corrected chi connectivity index (χ4v) is 11.8. The molecular weight excluding hydrogens is 392 g/mol. The first-order chi connectivity index (χ1) is 11.5. The van der Waals surface area contributed by atoms with Gasteiger partial charge in [-0.25, -0.2) is 8.42 Å². The summed E-state index contributed by atoms with van der Waals surface area (Å²) in [6.45, 7) is 1.34. The molecule has 1 aromatic carbocycles. The molecule has 0 N–H and O–H groups in total. The van der Waals surface area contributed by atoms with Gasteiger partial charge in [0.2, 0.25) is 0 Å². The van der Waals surface area contributed by atoms with Crippen LogP contribution in [0.3, 0.4) is 0 Å². The molecule has 6 aliphatic carbocycles. The highest BCUT2D eigenvalue weighted by Crippen LogP contribution is 3.04. The lowest BCUT2D eigenvalue weighted by Gasteiger charge is -2.91. The summed E-state index contributed by atoms with van der Waals surface area (Å²) in [5.41, 5.74) is 0.0186. The predicted octanol–water partition coefficient (Wildman–Crippen LogP) is 2.09. The van der Waals surface area contributed by atoms with E-state index in [2.05, 4.69) is 15.9 Å². The largest absolute Gasteiger partial charge is 0.346 e. The van der Waals surface area contributed by atoms with E-state index >= 15 is 0 Å². The van der Waals surface area contributed by atoms with Crippen molar-refractivity contribution < 1.29 is 17.9 Å². The molecule has 7 aliphatic rings. The van der Waals surface area contributed by atoms with Crippen molar-refractivity contribution in [1.29, 1.82) is 0 Å². The Morgan fingerprint density at radius 1 is 0.958 bits per heavy atom. The van der Waals surface area contributed by atoms with Gasteiger partial charge in [-0.05, 0) is 47.1 Å². The Labute approximate surface area is 148 Å². The average Bonchev–Trinajstić information content (AvgIpc) is 3.12. The summed E-state index contributed by atoms with van der Waals surface area (Å²) < 4.78 is 38.2. The quantitative estimate of drug-likeness (QED) is 0.718. The smallest absolute Gasteiger partial charge is 0.187 e. The van der Waals surface area contributed by atoms with Crippen molar-refractivity contribution in [3.8, 4) is 0 Å². The van der Waals surface area contributed by atoms with Crippen molar-refractivity contribution in [3.63, 3.8) is 0 Å². The van der Waals surface area contributed by atoms with Crippen LogP contribution in [-0.2, 0) is 19.3 Å². The minimum absolute atomic E-state index is 0.0186. The normalized spacial score (nSPS) is 56.2. The van der Waals surface area contributed by atoms with Gasteiger partial charge in [-0.3, -0.25) is 0 Å². The van der Waals surface area contributed by atoms with Crippen molar-refractivity contribution in [3.05, 3.63) is 30.3 Å². The Morgan fingerprint density at radius 3 is 2.17 bits per heavy atom. The van der Waals surface area contributed by atoms with Crippen molar-refractivity contribution >= 4 is 25.8 Å². The lowest BCUT2D eigenvalue weighted by atomic mass is 9.13. The molecule has 0 amide bonds. The number of hydrogen-bond donors (Lipinski definition) is 0. The van der Waals surface area contributed by atoms with Crippen LogP contribution in [0.2, 0.25) is 0 Å². The molecule has 4 nitrogen and oxygen atoms in total. The average molecular weight is 409 g/mol. The van der Waals surface area contributed by atoms with Gasteiger partial charge >= 0.3 is 0 Å². The van der Waals surface area contributed by atoms with E-state index in [0.29, 0.717) is 59.4 Å². The third kappa shape index (κ3) is 0.959. The van der Waals surface area contributed by atoms with Crippen molar-refractivity contribution in [2.24, 2.45) is 40.9 Å². The van der Waals surface area contributed by atoms with Crippen LogP contribution < -0.4 is 0 Å². The van der Waals surface area contributed by atoms with Gasteiger partial charge in [-0.2, -0.15) is 0 Å². The van der Waals surface area contributed by atoms with Crippen LogP contribution in [-0.4, -0.2) is 37.5 Å². The van der Waals surface area contributed by atoms with Gasteiger partial charge in [-0.15, -0.1) is 0 Å². The summed E-state index contributed by atoms with van der Waals surface area (Å²) in [7, 11) is -3.22. The molecule has 1 aromatic rings. The summed E-state index contributed by atoms with van der Waals surface area (Å²) >= 11 is 4.02. The maximum Gasteiger partial charge on any atom is 0.187 e. The maximum absolute atomic E-state index is 12.9. The van der Waals surface area contributed by atoms with E-state index in [0.717, 1.165) is 0 Å². The first-order valence-corrected chi connectivity index (χ1v) is 11.2. The maximum atomic E-state index is 12.9. The zero-order valence-corrected chi connectivity index (χ0v) is 15.3. The number of alkyl halides is 1. The summed E-state index contributed by atoms with van der Waals surface area (Å²) in [5, 5.41) is 0. The summed E-state index contributed by atoms with van der Waals surface area (Å²) in [6, 6.07) is 8.92. The van der Waals surface area contributed by atoms with Gasteiger partial charge in [0, 0.05) is 5.92 Å². The van der Waals surface area contributed by atoms with E-state index in [1.807, 2.05) is 6.07 Å². The number of rotatable bonds is 3. The molecule has 0 aromatic heterocycles. The molecule has 1 aliphatic heterocycles. The molecule has 7 fully saturated rings. The van der Waals surface area contributed by atoms with E-state index in [1.165, 1.54) is 0 Å². The Bertz CT molecular complexity index is 871. The summed E-state index contributed by atoms with van der Waals surface area (Å²) in [6.07, 6.45) is 0. The fourth-order valence-electron chi connectivity index (χ4n) is 8.17. The summed E-state index contributed by atoms with van der Waals surface area (Å²) in [5.74, 6) is 2.88. The Hall–Kier alpha value is -0.430. The monoisotopic (exact) mass is 408 g/mol. The number of ether oxygens (including phenoxy) is 2. The van der Waals surface area contributed by atoms with Crippen molar-refractivity contribution in [2.75, 3.05) is 19.0 Å². The van der Waals surface area contributed by atoms with Gasteiger partial charge < -0.3 is 9.47 Å². The number of sulfone groups is 1. The first kappa shape index (κ1) is 13.7. The zero-order chi connectivity index (χ0) is 16.1. The molecule has 2 bridgehead atoms. The Morgan fingerprint density at radius 2 is 1.54 bits per heavy atom. The molecule has 6 heteroatoms. The van der Waals surface area contributed by atoms with Gasteiger partial charge in [0.25, 0.3) is 0 Å².